The van der Waals surface area contributed by atoms with E-state index in [2.05, 4.69) is 5.32 Å². The SMILES string of the molecule is CC(C)[C@H](Nc1ccc(C(F)(F)F)cc1)C(=O)O. The summed E-state index contributed by atoms with van der Waals surface area (Å²) in [6.45, 7) is 3.44. The third kappa shape index (κ3) is 3.65. The zero-order chi connectivity index (χ0) is 13.9. The van der Waals surface area contributed by atoms with Gasteiger partial charge in [0.2, 0.25) is 0 Å². The lowest BCUT2D eigenvalue weighted by molar-refractivity contribution is -0.139. The Labute approximate surface area is 103 Å². The van der Waals surface area contributed by atoms with Crippen molar-refractivity contribution in [2.75, 3.05) is 5.32 Å². The molecule has 0 fully saturated rings. The number of hydrogen-bond acceptors (Lipinski definition) is 2. The smallest absolute Gasteiger partial charge is 0.416 e. The van der Waals surface area contributed by atoms with Gasteiger partial charge in [0.25, 0.3) is 0 Å². The van der Waals surface area contributed by atoms with Crippen molar-refractivity contribution >= 4 is 11.7 Å². The van der Waals surface area contributed by atoms with Gasteiger partial charge < -0.3 is 10.4 Å². The van der Waals surface area contributed by atoms with Gasteiger partial charge in [0, 0.05) is 5.69 Å². The maximum absolute atomic E-state index is 12.3. The van der Waals surface area contributed by atoms with Gasteiger partial charge in [0.05, 0.1) is 5.56 Å². The van der Waals surface area contributed by atoms with Crippen molar-refractivity contribution in [3.63, 3.8) is 0 Å². The summed E-state index contributed by atoms with van der Waals surface area (Å²) in [6, 6.07) is 3.45. The number of aliphatic carboxylic acids is 1. The Kier molecular flexibility index (Phi) is 4.21. The molecule has 6 heteroatoms. The van der Waals surface area contributed by atoms with Crippen molar-refractivity contribution < 1.29 is 23.1 Å². The molecule has 0 aliphatic heterocycles. The van der Waals surface area contributed by atoms with Crippen molar-refractivity contribution in [3.8, 4) is 0 Å². The summed E-state index contributed by atoms with van der Waals surface area (Å²) in [5, 5.41) is 11.6. The fraction of sp³-hybridized carbons (Fsp3) is 0.417. The van der Waals surface area contributed by atoms with Crippen molar-refractivity contribution in [2.24, 2.45) is 5.92 Å². The second-order valence-corrected chi connectivity index (χ2v) is 4.28. The molecule has 0 saturated carbocycles. The van der Waals surface area contributed by atoms with Crippen LogP contribution in [0.15, 0.2) is 24.3 Å². The standard InChI is InChI=1S/C12H14F3NO2/c1-7(2)10(11(17)18)16-9-5-3-8(4-6-9)12(13,14)15/h3-7,10,16H,1-2H3,(H,17,18)/t10-/m0/s1. The van der Waals surface area contributed by atoms with Crippen LogP contribution in [0.1, 0.15) is 19.4 Å². The predicted molar refractivity (Wildman–Crippen MR) is 61.3 cm³/mol. The second-order valence-electron chi connectivity index (χ2n) is 4.28. The van der Waals surface area contributed by atoms with E-state index in [-0.39, 0.29) is 5.92 Å². The molecule has 0 spiro atoms. The lowest BCUT2D eigenvalue weighted by Crippen LogP contribution is -2.34. The minimum Gasteiger partial charge on any atom is -0.480 e. The molecule has 0 aliphatic rings. The van der Waals surface area contributed by atoms with Crippen LogP contribution in [0, 0.1) is 5.92 Å². The van der Waals surface area contributed by atoms with Crippen molar-refractivity contribution in [1.82, 2.24) is 0 Å². The summed E-state index contributed by atoms with van der Waals surface area (Å²) in [6.07, 6.45) is -4.39. The Bertz CT molecular complexity index is 412. The monoisotopic (exact) mass is 261 g/mol. The summed E-state index contributed by atoms with van der Waals surface area (Å²) < 4.78 is 37.0. The molecular weight excluding hydrogens is 247 g/mol. The van der Waals surface area contributed by atoms with Crippen molar-refractivity contribution in [1.29, 1.82) is 0 Å². The first kappa shape index (κ1) is 14.3. The van der Waals surface area contributed by atoms with E-state index in [1.165, 1.54) is 12.1 Å². The summed E-state index contributed by atoms with van der Waals surface area (Å²) in [4.78, 5) is 10.9. The number of halogens is 3. The van der Waals surface area contributed by atoms with Crippen LogP contribution in [0.5, 0.6) is 0 Å². The minimum atomic E-state index is -4.39. The molecule has 0 aromatic heterocycles. The van der Waals surface area contributed by atoms with Crippen molar-refractivity contribution in [3.05, 3.63) is 29.8 Å². The van der Waals surface area contributed by atoms with E-state index in [0.717, 1.165) is 12.1 Å². The molecule has 0 amide bonds. The molecule has 1 atom stereocenters. The fourth-order valence-corrected chi connectivity index (χ4v) is 1.45. The van der Waals surface area contributed by atoms with Gasteiger partial charge in [-0.2, -0.15) is 13.2 Å². The van der Waals surface area contributed by atoms with Gasteiger partial charge in [0.1, 0.15) is 6.04 Å². The Morgan fingerprint density at radius 1 is 1.22 bits per heavy atom. The zero-order valence-corrected chi connectivity index (χ0v) is 9.95. The molecule has 100 valence electrons. The molecule has 2 N–H and O–H groups in total. The average Bonchev–Trinajstić information content (AvgIpc) is 2.24. The first-order valence-electron chi connectivity index (χ1n) is 5.38. The lowest BCUT2D eigenvalue weighted by Gasteiger charge is -2.19. The van der Waals surface area contributed by atoms with Gasteiger partial charge in [-0.3, -0.25) is 0 Å². The van der Waals surface area contributed by atoms with Gasteiger partial charge in [-0.15, -0.1) is 0 Å². The van der Waals surface area contributed by atoms with E-state index in [9.17, 15) is 18.0 Å². The van der Waals surface area contributed by atoms with E-state index in [4.69, 9.17) is 5.11 Å². The quantitative estimate of drug-likeness (QED) is 0.874. The Balaban J connectivity index is 2.83. The third-order valence-corrected chi connectivity index (χ3v) is 2.47. The van der Waals surface area contributed by atoms with Gasteiger partial charge in [-0.25, -0.2) is 4.79 Å². The van der Waals surface area contributed by atoms with Crippen LogP contribution in [-0.2, 0) is 11.0 Å². The zero-order valence-electron chi connectivity index (χ0n) is 9.95. The van der Waals surface area contributed by atoms with Crippen LogP contribution in [0.2, 0.25) is 0 Å². The van der Waals surface area contributed by atoms with Crippen LogP contribution in [0.3, 0.4) is 0 Å². The van der Waals surface area contributed by atoms with E-state index in [1.807, 2.05) is 0 Å². The number of rotatable bonds is 4. The molecule has 0 bridgehead atoms. The number of nitrogens with one attached hydrogen (secondary N) is 1. The van der Waals surface area contributed by atoms with Crippen LogP contribution in [0.4, 0.5) is 18.9 Å². The highest BCUT2D eigenvalue weighted by atomic mass is 19.4. The molecule has 0 aliphatic carbocycles. The number of anilines is 1. The normalized spacial score (nSPS) is 13.4. The highest BCUT2D eigenvalue weighted by Gasteiger charge is 2.30. The van der Waals surface area contributed by atoms with Gasteiger partial charge in [-0.05, 0) is 30.2 Å². The molecule has 1 aromatic carbocycles. The summed E-state index contributed by atoms with van der Waals surface area (Å²) >= 11 is 0. The van der Waals surface area contributed by atoms with E-state index in [0.29, 0.717) is 5.69 Å². The second kappa shape index (κ2) is 5.29. The summed E-state index contributed by atoms with van der Waals surface area (Å²) in [5.74, 6) is -1.21. The molecule has 1 aromatic rings. The number of alkyl halides is 3. The van der Waals surface area contributed by atoms with Crippen LogP contribution >= 0.6 is 0 Å². The predicted octanol–water partition coefficient (Wildman–Crippen LogP) is 3.23. The Morgan fingerprint density at radius 2 is 1.72 bits per heavy atom. The maximum Gasteiger partial charge on any atom is 0.416 e. The first-order chi connectivity index (χ1) is 8.21. The van der Waals surface area contributed by atoms with Crippen LogP contribution in [0.25, 0.3) is 0 Å². The van der Waals surface area contributed by atoms with Crippen LogP contribution < -0.4 is 5.32 Å². The lowest BCUT2D eigenvalue weighted by atomic mass is 10.0. The third-order valence-electron chi connectivity index (χ3n) is 2.47. The van der Waals surface area contributed by atoms with E-state index < -0.39 is 23.8 Å². The van der Waals surface area contributed by atoms with Gasteiger partial charge >= 0.3 is 12.1 Å². The minimum absolute atomic E-state index is 0.176. The highest BCUT2D eigenvalue weighted by molar-refractivity contribution is 5.77. The Morgan fingerprint density at radius 3 is 2.06 bits per heavy atom. The first-order valence-corrected chi connectivity index (χ1v) is 5.38. The molecule has 0 saturated heterocycles. The highest BCUT2D eigenvalue weighted by Crippen LogP contribution is 2.30. The largest absolute Gasteiger partial charge is 0.480 e. The maximum atomic E-state index is 12.3. The Hall–Kier alpha value is -1.72. The summed E-state index contributed by atoms with van der Waals surface area (Å²) in [7, 11) is 0. The number of carbonyl (C=O) groups is 1. The number of carboxylic acid groups (broad SMARTS) is 1. The van der Waals surface area contributed by atoms with Crippen molar-refractivity contribution in [2.45, 2.75) is 26.1 Å². The topological polar surface area (TPSA) is 49.3 Å². The van der Waals surface area contributed by atoms with Crippen LogP contribution in [-0.4, -0.2) is 17.1 Å². The van der Waals surface area contributed by atoms with E-state index in [1.54, 1.807) is 13.8 Å². The number of benzene rings is 1. The molecule has 0 radical (unpaired) electrons. The molecular formula is C12H14F3NO2. The number of carboxylic acids is 1. The molecule has 0 unspecified atom stereocenters. The summed E-state index contributed by atoms with van der Waals surface area (Å²) in [5.41, 5.74) is -0.409. The molecule has 1 rings (SSSR count). The molecule has 3 nitrogen and oxygen atoms in total. The molecule has 18 heavy (non-hydrogen) atoms. The van der Waals surface area contributed by atoms with Gasteiger partial charge in [-0.1, -0.05) is 13.8 Å². The number of hydrogen-bond donors (Lipinski definition) is 2. The fourth-order valence-electron chi connectivity index (χ4n) is 1.45. The van der Waals surface area contributed by atoms with Gasteiger partial charge in [0.15, 0.2) is 0 Å². The van der Waals surface area contributed by atoms with E-state index >= 15 is 0 Å². The molecule has 0 heterocycles. The average molecular weight is 261 g/mol.